The number of ether oxygens (including phenoxy) is 2. The maximum Gasteiger partial charge on any atom is 0.126 e. The van der Waals surface area contributed by atoms with E-state index in [4.69, 9.17) is 37.5 Å². The molecule has 4 nitrogen and oxygen atoms in total. The van der Waals surface area contributed by atoms with Gasteiger partial charge in [0.25, 0.3) is 0 Å². The van der Waals surface area contributed by atoms with Crippen LogP contribution in [0.5, 0.6) is 11.5 Å². The van der Waals surface area contributed by atoms with Gasteiger partial charge in [0.05, 0.1) is 12.3 Å². The molecule has 0 radical (unpaired) electrons. The van der Waals surface area contributed by atoms with Gasteiger partial charge in [-0.3, -0.25) is 0 Å². The van der Waals surface area contributed by atoms with Gasteiger partial charge in [0.2, 0.25) is 0 Å². The summed E-state index contributed by atoms with van der Waals surface area (Å²) in [6, 6.07) is 2.09. The molecule has 158 valence electrons. The Labute approximate surface area is 179 Å². The van der Waals surface area contributed by atoms with Crippen molar-refractivity contribution in [3.05, 3.63) is 33.3 Å². The Morgan fingerprint density at radius 1 is 0.964 bits per heavy atom. The molecule has 0 saturated carbocycles. The Bertz CT molecular complexity index is 664. The topological polar surface area (TPSA) is 40.0 Å². The Balaban J connectivity index is 2.86. The molecule has 0 spiro atoms. The molecule has 6 heteroatoms. The minimum Gasteiger partial charge on any atom is -0.493 e. The van der Waals surface area contributed by atoms with Crippen molar-refractivity contribution < 1.29 is 14.3 Å². The number of halogens is 2. The lowest BCUT2D eigenvalue weighted by atomic mass is 9.96. The summed E-state index contributed by atoms with van der Waals surface area (Å²) in [5, 5.41) is 3.94. The largest absolute Gasteiger partial charge is 0.493 e. The van der Waals surface area contributed by atoms with Gasteiger partial charge in [-0.25, -0.2) is 0 Å². The number of hydrogen-bond donors (Lipinski definition) is 0. The van der Waals surface area contributed by atoms with Crippen LogP contribution < -0.4 is 9.47 Å². The Morgan fingerprint density at radius 3 is 2.21 bits per heavy atom. The van der Waals surface area contributed by atoms with Gasteiger partial charge in [-0.05, 0) is 63.7 Å². The minimum atomic E-state index is 0.216. The van der Waals surface area contributed by atoms with Crippen LogP contribution >= 0.6 is 23.2 Å². The van der Waals surface area contributed by atoms with E-state index in [1.54, 1.807) is 6.08 Å². The normalized spacial score (nSPS) is 10.4. The molecule has 0 atom stereocenters. The summed E-state index contributed by atoms with van der Waals surface area (Å²) < 4.78 is 12.4. The highest BCUT2D eigenvalue weighted by Crippen LogP contribution is 2.36. The number of oxime groups is 1. The second kappa shape index (κ2) is 13.7. The second-order valence-corrected chi connectivity index (χ2v) is 7.62. The van der Waals surface area contributed by atoms with Crippen molar-refractivity contribution in [3.63, 3.8) is 0 Å². The monoisotopic (exact) mass is 429 g/mol. The van der Waals surface area contributed by atoms with Crippen LogP contribution in [0.4, 0.5) is 0 Å². The van der Waals surface area contributed by atoms with Gasteiger partial charge in [-0.1, -0.05) is 49.1 Å². The van der Waals surface area contributed by atoms with Crippen molar-refractivity contribution in [2.75, 3.05) is 19.8 Å². The first-order chi connectivity index (χ1) is 13.4. The summed E-state index contributed by atoms with van der Waals surface area (Å²) in [6.07, 6.45) is 6.12. The van der Waals surface area contributed by atoms with E-state index in [9.17, 15) is 0 Å². The van der Waals surface area contributed by atoms with Gasteiger partial charge in [-0.2, -0.15) is 0 Å². The maximum atomic E-state index is 6.22. The summed E-state index contributed by atoms with van der Waals surface area (Å²) in [5.41, 5.74) is 4.49. The van der Waals surface area contributed by atoms with Crippen molar-refractivity contribution in [3.8, 4) is 11.5 Å². The number of aryl methyl sites for hydroxylation is 1. The van der Waals surface area contributed by atoms with Gasteiger partial charge in [0, 0.05) is 11.1 Å². The first-order valence-electron chi connectivity index (χ1n) is 10.0. The van der Waals surface area contributed by atoms with Gasteiger partial charge in [0.15, 0.2) is 0 Å². The molecular formula is C22H33Cl2NO3. The summed E-state index contributed by atoms with van der Waals surface area (Å²) in [7, 11) is 0. The lowest BCUT2D eigenvalue weighted by Gasteiger charge is -2.21. The number of benzene rings is 1. The highest BCUT2D eigenvalue weighted by atomic mass is 35.5. The molecule has 0 amide bonds. The first kappa shape index (κ1) is 24.6. The zero-order chi connectivity index (χ0) is 20.9. The molecule has 0 saturated heterocycles. The summed E-state index contributed by atoms with van der Waals surface area (Å²) in [6.45, 7) is 11.9. The average Bonchev–Trinajstić information content (AvgIpc) is 2.66. The number of nitrogens with zero attached hydrogens (tertiary/aromatic N) is 1. The smallest absolute Gasteiger partial charge is 0.126 e. The molecule has 1 rings (SSSR count). The predicted molar refractivity (Wildman–Crippen MR) is 119 cm³/mol. The third kappa shape index (κ3) is 8.32. The first-order valence-corrected chi connectivity index (χ1v) is 10.8. The Kier molecular flexibility index (Phi) is 12.1. The van der Waals surface area contributed by atoms with E-state index < -0.39 is 0 Å². The zero-order valence-electron chi connectivity index (χ0n) is 17.7. The maximum absolute atomic E-state index is 6.22. The van der Waals surface area contributed by atoms with Crippen LogP contribution in [0.1, 0.15) is 64.2 Å². The number of rotatable bonds is 13. The van der Waals surface area contributed by atoms with Crippen molar-refractivity contribution in [2.45, 2.75) is 66.7 Å². The van der Waals surface area contributed by atoms with Gasteiger partial charge in [-0.15, -0.1) is 0 Å². The van der Waals surface area contributed by atoms with E-state index in [1.807, 2.05) is 13.8 Å². The third-order valence-electron chi connectivity index (χ3n) is 4.22. The summed E-state index contributed by atoms with van der Waals surface area (Å²) in [5.74, 6) is 1.89. The Morgan fingerprint density at radius 2 is 1.64 bits per heavy atom. The molecule has 1 aromatic carbocycles. The van der Waals surface area contributed by atoms with Crippen LogP contribution in [0.25, 0.3) is 0 Å². The minimum absolute atomic E-state index is 0.216. The fourth-order valence-corrected chi connectivity index (χ4v) is 3.06. The molecule has 0 N–H and O–H groups in total. The van der Waals surface area contributed by atoms with Crippen LogP contribution in [0, 0.1) is 0 Å². The second-order valence-electron chi connectivity index (χ2n) is 6.61. The third-order valence-corrected chi connectivity index (χ3v) is 4.53. The van der Waals surface area contributed by atoms with Crippen molar-refractivity contribution in [2.24, 2.45) is 5.16 Å². The summed E-state index contributed by atoms with van der Waals surface area (Å²) >= 11 is 11.4. The predicted octanol–water partition coefficient (Wildman–Crippen LogP) is 6.64. The molecule has 0 aliphatic rings. The van der Waals surface area contributed by atoms with Crippen molar-refractivity contribution >= 4 is 28.9 Å². The number of hydrogen-bond acceptors (Lipinski definition) is 4. The highest BCUT2D eigenvalue weighted by Gasteiger charge is 2.17. The van der Waals surface area contributed by atoms with E-state index in [1.165, 1.54) is 11.1 Å². The molecule has 28 heavy (non-hydrogen) atoms. The van der Waals surface area contributed by atoms with Crippen LogP contribution in [0.3, 0.4) is 0 Å². The molecule has 0 aliphatic carbocycles. The van der Waals surface area contributed by atoms with Gasteiger partial charge >= 0.3 is 0 Å². The van der Waals surface area contributed by atoms with Crippen LogP contribution in [-0.4, -0.2) is 25.5 Å². The van der Waals surface area contributed by atoms with Crippen LogP contribution in [0.2, 0.25) is 0 Å². The van der Waals surface area contributed by atoms with E-state index in [0.29, 0.717) is 19.8 Å². The van der Waals surface area contributed by atoms with Crippen molar-refractivity contribution in [1.82, 2.24) is 0 Å². The van der Waals surface area contributed by atoms with E-state index in [0.717, 1.165) is 54.9 Å². The fourth-order valence-electron chi connectivity index (χ4n) is 2.94. The molecule has 1 aromatic rings. The van der Waals surface area contributed by atoms with E-state index >= 15 is 0 Å². The van der Waals surface area contributed by atoms with E-state index in [2.05, 4.69) is 32.0 Å². The van der Waals surface area contributed by atoms with E-state index in [-0.39, 0.29) is 4.49 Å². The molecule has 0 fully saturated rings. The lowest BCUT2D eigenvalue weighted by Crippen LogP contribution is -2.09. The standard InChI is InChI=1S/C22H33Cl2NO3/c1-6-17-15-20(26-14-11-21(23)24)18(7-2)19(8-3)22(17)27-12-9-10-13-28-25-16(4)5/h11,15H,6-10,12-14H2,1-5H3. The van der Waals surface area contributed by atoms with Crippen molar-refractivity contribution in [1.29, 1.82) is 0 Å². The molecule has 0 heterocycles. The van der Waals surface area contributed by atoms with Gasteiger partial charge in [0.1, 0.15) is 29.2 Å². The van der Waals surface area contributed by atoms with Gasteiger partial charge < -0.3 is 14.3 Å². The molecule has 0 aromatic heterocycles. The molecular weight excluding hydrogens is 397 g/mol. The van der Waals surface area contributed by atoms with Crippen LogP contribution in [-0.2, 0) is 24.1 Å². The lowest BCUT2D eigenvalue weighted by molar-refractivity contribution is 0.135. The number of unbranched alkanes of at least 4 members (excludes halogenated alkanes) is 1. The quantitative estimate of drug-likeness (QED) is 0.200. The molecule has 0 aliphatic heterocycles. The highest BCUT2D eigenvalue weighted by molar-refractivity contribution is 6.55. The average molecular weight is 430 g/mol. The van der Waals surface area contributed by atoms with Crippen LogP contribution in [0.15, 0.2) is 21.8 Å². The summed E-state index contributed by atoms with van der Waals surface area (Å²) in [4.78, 5) is 5.24. The Hall–Kier alpha value is -1.39. The zero-order valence-corrected chi connectivity index (χ0v) is 19.3. The molecule has 0 unspecified atom stereocenters. The SMILES string of the molecule is CCc1cc(OCC=C(Cl)Cl)c(CC)c(CC)c1OCCCCON=C(C)C. The fraction of sp³-hybridized carbons (Fsp3) is 0.591. The molecule has 0 bridgehead atoms.